The zero-order valence-electron chi connectivity index (χ0n) is 17.3. The molecule has 0 unspecified atom stereocenters. The highest BCUT2D eigenvalue weighted by atomic mass is 16.2. The van der Waals surface area contributed by atoms with E-state index in [-0.39, 0.29) is 12.3 Å². The standard InChI is InChI=1S/C23H24N4O4/c1-2-23(17-7-4-3-5-8-17)21(30)27(22(31)24-23)25-19(28)15-16-10-12-18(13-11-16)26-14-6-9-20(26)29/h3-5,7-8,10-13H,2,6,9,14-15H2,1H3,(H,24,31)(H,25,28)/t23-/m0/s1. The fraction of sp³-hybridized carbons (Fsp3) is 0.304. The molecule has 8 nitrogen and oxygen atoms in total. The predicted molar refractivity (Wildman–Crippen MR) is 114 cm³/mol. The Hall–Kier alpha value is -3.68. The van der Waals surface area contributed by atoms with Gasteiger partial charge in [-0.15, -0.1) is 0 Å². The smallest absolute Gasteiger partial charge is 0.318 e. The third-order valence-corrected chi connectivity index (χ3v) is 5.81. The first kappa shape index (κ1) is 20.6. The monoisotopic (exact) mass is 420 g/mol. The first-order chi connectivity index (χ1) is 14.9. The highest BCUT2D eigenvalue weighted by Gasteiger charge is 2.52. The second-order valence-electron chi connectivity index (χ2n) is 7.72. The number of carbonyl (C=O) groups is 4. The Kier molecular flexibility index (Phi) is 5.46. The fourth-order valence-corrected chi connectivity index (χ4v) is 4.10. The summed E-state index contributed by atoms with van der Waals surface area (Å²) in [5.74, 6) is -0.891. The van der Waals surface area contributed by atoms with Crippen LogP contribution in [0.1, 0.15) is 37.3 Å². The summed E-state index contributed by atoms with van der Waals surface area (Å²) in [7, 11) is 0. The lowest BCUT2D eigenvalue weighted by Gasteiger charge is -2.25. The van der Waals surface area contributed by atoms with Crippen LogP contribution >= 0.6 is 0 Å². The Morgan fingerprint density at radius 1 is 1.06 bits per heavy atom. The molecule has 0 spiro atoms. The molecule has 2 aliphatic heterocycles. The maximum atomic E-state index is 13.1. The van der Waals surface area contributed by atoms with Gasteiger partial charge in [-0.25, -0.2) is 4.79 Å². The average molecular weight is 420 g/mol. The first-order valence-corrected chi connectivity index (χ1v) is 10.4. The number of hydrogen-bond donors (Lipinski definition) is 2. The average Bonchev–Trinajstić information content (AvgIpc) is 3.31. The molecule has 0 aromatic heterocycles. The number of urea groups is 1. The molecule has 2 aromatic rings. The largest absolute Gasteiger partial charge is 0.344 e. The third kappa shape index (κ3) is 3.76. The Labute approximate surface area is 180 Å². The van der Waals surface area contributed by atoms with Gasteiger partial charge in [-0.2, -0.15) is 5.01 Å². The second kappa shape index (κ2) is 8.22. The van der Waals surface area contributed by atoms with Crippen molar-refractivity contribution in [3.05, 3.63) is 65.7 Å². The lowest BCUT2D eigenvalue weighted by Crippen LogP contribution is -2.49. The van der Waals surface area contributed by atoms with E-state index >= 15 is 0 Å². The third-order valence-electron chi connectivity index (χ3n) is 5.81. The molecule has 8 heteroatoms. The van der Waals surface area contributed by atoms with Crippen molar-refractivity contribution >= 4 is 29.4 Å². The Balaban J connectivity index is 1.43. The topological polar surface area (TPSA) is 98.8 Å². The van der Waals surface area contributed by atoms with Crippen LogP contribution in [0.15, 0.2) is 54.6 Å². The van der Waals surface area contributed by atoms with Crippen LogP contribution in [0.4, 0.5) is 10.5 Å². The van der Waals surface area contributed by atoms with Crippen LogP contribution in [0.3, 0.4) is 0 Å². The van der Waals surface area contributed by atoms with Gasteiger partial charge in [0.05, 0.1) is 6.42 Å². The van der Waals surface area contributed by atoms with Crippen molar-refractivity contribution in [3.8, 4) is 0 Å². The van der Waals surface area contributed by atoms with Crippen LogP contribution in [0.5, 0.6) is 0 Å². The van der Waals surface area contributed by atoms with E-state index < -0.39 is 23.4 Å². The van der Waals surface area contributed by atoms with Crippen LogP contribution in [-0.2, 0) is 26.3 Å². The van der Waals surface area contributed by atoms with Gasteiger partial charge < -0.3 is 10.2 Å². The summed E-state index contributed by atoms with van der Waals surface area (Å²) in [5, 5.41) is 3.49. The SMILES string of the molecule is CC[C@@]1(c2ccccc2)NC(=O)N(NC(=O)Cc2ccc(N3CCCC3=O)cc2)C1=O. The molecule has 0 bridgehead atoms. The molecule has 2 aromatic carbocycles. The van der Waals surface area contributed by atoms with Crippen molar-refractivity contribution in [1.29, 1.82) is 0 Å². The number of anilines is 1. The van der Waals surface area contributed by atoms with Gasteiger partial charge in [0.2, 0.25) is 11.8 Å². The van der Waals surface area contributed by atoms with Gasteiger partial charge in [0.15, 0.2) is 0 Å². The summed E-state index contributed by atoms with van der Waals surface area (Å²) in [5.41, 5.74) is 3.41. The number of hydrogen-bond acceptors (Lipinski definition) is 4. The molecular formula is C23H24N4O4. The zero-order valence-corrected chi connectivity index (χ0v) is 17.3. The van der Waals surface area contributed by atoms with Crippen LogP contribution in [0, 0.1) is 0 Å². The molecule has 160 valence electrons. The van der Waals surface area contributed by atoms with Gasteiger partial charge in [0, 0.05) is 18.7 Å². The molecule has 2 aliphatic rings. The number of carbonyl (C=O) groups excluding carboxylic acids is 4. The summed E-state index contributed by atoms with van der Waals surface area (Å²) in [4.78, 5) is 51.7. The molecule has 0 saturated carbocycles. The van der Waals surface area contributed by atoms with E-state index in [0.29, 0.717) is 30.5 Å². The number of benzene rings is 2. The molecule has 0 radical (unpaired) electrons. The minimum absolute atomic E-state index is 0.00422. The van der Waals surface area contributed by atoms with Gasteiger partial charge in [0.25, 0.3) is 5.91 Å². The summed E-state index contributed by atoms with van der Waals surface area (Å²) >= 11 is 0. The molecule has 2 saturated heterocycles. The van der Waals surface area contributed by atoms with Crippen molar-refractivity contribution < 1.29 is 19.2 Å². The van der Waals surface area contributed by atoms with Gasteiger partial charge in [-0.05, 0) is 36.1 Å². The molecule has 1 atom stereocenters. The van der Waals surface area contributed by atoms with Crippen LogP contribution < -0.4 is 15.6 Å². The molecule has 2 fully saturated rings. The van der Waals surface area contributed by atoms with E-state index in [1.807, 2.05) is 13.0 Å². The number of amides is 5. The van der Waals surface area contributed by atoms with Gasteiger partial charge >= 0.3 is 6.03 Å². The number of nitrogens with one attached hydrogen (secondary N) is 2. The number of rotatable bonds is 6. The summed E-state index contributed by atoms with van der Waals surface area (Å²) in [6, 6.07) is 15.5. The minimum Gasteiger partial charge on any atom is -0.318 e. The molecular weight excluding hydrogens is 396 g/mol. The first-order valence-electron chi connectivity index (χ1n) is 10.4. The van der Waals surface area contributed by atoms with E-state index in [4.69, 9.17) is 0 Å². The van der Waals surface area contributed by atoms with Gasteiger partial charge in [-0.1, -0.05) is 49.4 Å². The molecule has 2 heterocycles. The van der Waals surface area contributed by atoms with Gasteiger partial charge in [0.1, 0.15) is 5.54 Å². The Bertz CT molecular complexity index is 1020. The van der Waals surface area contributed by atoms with E-state index in [1.54, 1.807) is 53.4 Å². The molecule has 4 rings (SSSR count). The maximum Gasteiger partial charge on any atom is 0.344 e. The summed E-state index contributed by atoms with van der Waals surface area (Å²) in [6.07, 6.45) is 1.75. The molecule has 5 amide bonds. The predicted octanol–water partition coefficient (Wildman–Crippen LogP) is 2.24. The number of nitrogens with zero attached hydrogens (tertiary/aromatic N) is 2. The van der Waals surface area contributed by atoms with E-state index in [1.165, 1.54) is 0 Å². The van der Waals surface area contributed by atoms with Crippen molar-refractivity contribution in [2.45, 2.75) is 38.1 Å². The summed E-state index contributed by atoms with van der Waals surface area (Å²) in [6.45, 7) is 2.51. The van der Waals surface area contributed by atoms with Crippen LogP contribution in [0.2, 0.25) is 0 Å². The van der Waals surface area contributed by atoms with Gasteiger partial charge in [-0.3, -0.25) is 19.8 Å². The fourth-order valence-electron chi connectivity index (χ4n) is 4.10. The van der Waals surface area contributed by atoms with Crippen molar-refractivity contribution in [2.75, 3.05) is 11.4 Å². The van der Waals surface area contributed by atoms with E-state index in [9.17, 15) is 19.2 Å². The minimum atomic E-state index is -1.20. The van der Waals surface area contributed by atoms with Crippen molar-refractivity contribution in [1.82, 2.24) is 15.8 Å². The molecule has 0 aliphatic carbocycles. The van der Waals surface area contributed by atoms with Crippen molar-refractivity contribution in [3.63, 3.8) is 0 Å². The Morgan fingerprint density at radius 3 is 2.39 bits per heavy atom. The number of hydrazine groups is 1. The highest BCUT2D eigenvalue weighted by Crippen LogP contribution is 2.31. The second-order valence-corrected chi connectivity index (χ2v) is 7.72. The highest BCUT2D eigenvalue weighted by molar-refractivity contribution is 6.08. The molecule has 31 heavy (non-hydrogen) atoms. The van der Waals surface area contributed by atoms with Crippen LogP contribution in [-0.4, -0.2) is 35.3 Å². The number of imide groups is 1. The zero-order chi connectivity index (χ0) is 22.0. The summed E-state index contributed by atoms with van der Waals surface area (Å²) < 4.78 is 0. The lowest BCUT2D eigenvalue weighted by atomic mass is 9.87. The van der Waals surface area contributed by atoms with E-state index in [2.05, 4.69) is 10.7 Å². The van der Waals surface area contributed by atoms with E-state index in [0.717, 1.165) is 17.1 Å². The quantitative estimate of drug-likeness (QED) is 0.700. The maximum absolute atomic E-state index is 13.1. The lowest BCUT2D eigenvalue weighted by molar-refractivity contribution is -0.139. The Morgan fingerprint density at radius 2 is 1.77 bits per heavy atom. The van der Waals surface area contributed by atoms with Crippen LogP contribution in [0.25, 0.3) is 0 Å². The molecule has 2 N–H and O–H groups in total. The van der Waals surface area contributed by atoms with Crippen molar-refractivity contribution in [2.24, 2.45) is 0 Å². The normalized spacial score (nSPS) is 20.9.